The lowest BCUT2D eigenvalue weighted by atomic mass is 10.2. The molecule has 0 radical (unpaired) electrons. The Bertz CT molecular complexity index is 379. The van der Waals surface area contributed by atoms with Gasteiger partial charge in [-0.3, -0.25) is 9.69 Å². The highest BCUT2D eigenvalue weighted by molar-refractivity contribution is 6.30. The molecule has 1 aliphatic heterocycles. The molecule has 0 bridgehead atoms. The van der Waals surface area contributed by atoms with E-state index in [0.29, 0.717) is 5.69 Å². The van der Waals surface area contributed by atoms with Crippen molar-refractivity contribution in [3.05, 3.63) is 17.2 Å². The number of aliphatic carboxylic acids is 1. The molecule has 1 unspecified atom stereocenters. The molecule has 1 atom stereocenters. The van der Waals surface area contributed by atoms with Crippen LogP contribution in [0.4, 0.5) is 0 Å². The second-order valence-corrected chi connectivity index (χ2v) is 4.37. The van der Waals surface area contributed by atoms with Crippen LogP contribution in [0.1, 0.15) is 24.6 Å². The molecule has 6 heteroatoms. The predicted molar refractivity (Wildman–Crippen MR) is 59.4 cm³/mol. The highest BCUT2D eigenvalue weighted by atomic mass is 35.5. The molecular formula is C10H14ClN3O2. The first-order valence-corrected chi connectivity index (χ1v) is 5.62. The summed E-state index contributed by atoms with van der Waals surface area (Å²) >= 11 is 5.94. The van der Waals surface area contributed by atoms with Gasteiger partial charge in [-0.25, -0.2) is 4.98 Å². The standard InChI is InChI=1S/C10H14ClN3O2/c1-13-6-12-9(11)7(13)8(10(15)16)14-4-2-3-5-14/h6,8H,2-5H2,1H3,(H,15,16). The Morgan fingerprint density at radius 3 is 2.62 bits per heavy atom. The lowest BCUT2D eigenvalue weighted by molar-refractivity contribution is -0.143. The van der Waals surface area contributed by atoms with Crippen LogP contribution in [0, 0.1) is 0 Å². The van der Waals surface area contributed by atoms with Crippen molar-refractivity contribution in [3.8, 4) is 0 Å². The number of aromatic nitrogens is 2. The number of imidazole rings is 1. The molecule has 0 aliphatic carbocycles. The molecule has 2 rings (SSSR count). The van der Waals surface area contributed by atoms with Crippen molar-refractivity contribution in [3.63, 3.8) is 0 Å². The molecule has 0 amide bonds. The number of hydrogen-bond donors (Lipinski definition) is 1. The third-order valence-electron chi connectivity index (χ3n) is 2.93. The molecule has 1 saturated heterocycles. The number of carbonyl (C=O) groups is 1. The predicted octanol–water partition coefficient (Wildman–Crippen LogP) is 1.29. The van der Waals surface area contributed by atoms with Crippen molar-refractivity contribution in [2.24, 2.45) is 7.05 Å². The number of hydrogen-bond acceptors (Lipinski definition) is 3. The summed E-state index contributed by atoms with van der Waals surface area (Å²) in [5.41, 5.74) is 0.566. The fraction of sp³-hybridized carbons (Fsp3) is 0.600. The lowest BCUT2D eigenvalue weighted by Gasteiger charge is -2.24. The van der Waals surface area contributed by atoms with E-state index < -0.39 is 12.0 Å². The number of carboxylic acids is 1. The number of aryl methyl sites for hydroxylation is 1. The third-order valence-corrected chi connectivity index (χ3v) is 3.23. The Morgan fingerprint density at radius 2 is 2.19 bits per heavy atom. The zero-order chi connectivity index (χ0) is 11.7. The van der Waals surface area contributed by atoms with Crippen molar-refractivity contribution < 1.29 is 9.90 Å². The summed E-state index contributed by atoms with van der Waals surface area (Å²) in [5.74, 6) is -0.868. The maximum Gasteiger partial charge on any atom is 0.327 e. The zero-order valence-electron chi connectivity index (χ0n) is 9.06. The molecule has 1 aliphatic rings. The Hall–Kier alpha value is -1.07. The minimum Gasteiger partial charge on any atom is -0.480 e. The molecule has 0 aromatic carbocycles. The zero-order valence-corrected chi connectivity index (χ0v) is 9.81. The van der Waals surface area contributed by atoms with Crippen molar-refractivity contribution in [1.29, 1.82) is 0 Å². The molecule has 0 spiro atoms. The summed E-state index contributed by atoms with van der Waals surface area (Å²) in [6.45, 7) is 1.61. The monoisotopic (exact) mass is 243 g/mol. The van der Waals surface area contributed by atoms with Gasteiger partial charge in [0, 0.05) is 7.05 Å². The second-order valence-electron chi connectivity index (χ2n) is 4.02. The van der Waals surface area contributed by atoms with Gasteiger partial charge in [0.2, 0.25) is 0 Å². The summed E-state index contributed by atoms with van der Waals surface area (Å²) in [6.07, 6.45) is 3.63. The van der Waals surface area contributed by atoms with Crippen LogP contribution in [0.3, 0.4) is 0 Å². The van der Waals surface area contributed by atoms with E-state index in [9.17, 15) is 9.90 Å². The number of halogens is 1. The van der Waals surface area contributed by atoms with Crippen molar-refractivity contribution in [1.82, 2.24) is 14.5 Å². The largest absolute Gasteiger partial charge is 0.480 e. The average Bonchev–Trinajstić information content (AvgIpc) is 2.82. The number of likely N-dealkylation sites (tertiary alicyclic amines) is 1. The Morgan fingerprint density at radius 1 is 1.56 bits per heavy atom. The van der Waals surface area contributed by atoms with Crippen molar-refractivity contribution in [2.45, 2.75) is 18.9 Å². The molecule has 1 aromatic rings. The van der Waals surface area contributed by atoms with E-state index in [1.165, 1.54) is 0 Å². The molecular weight excluding hydrogens is 230 g/mol. The third kappa shape index (κ3) is 1.92. The van der Waals surface area contributed by atoms with E-state index >= 15 is 0 Å². The van der Waals surface area contributed by atoms with Gasteiger partial charge in [0.25, 0.3) is 0 Å². The van der Waals surface area contributed by atoms with Gasteiger partial charge in [-0.05, 0) is 25.9 Å². The summed E-state index contributed by atoms with van der Waals surface area (Å²) in [5, 5.41) is 9.59. The van der Waals surface area contributed by atoms with Gasteiger partial charge < -0.3 is 9.67 Å². The van der Waals surface area contributed by atoms with E-state index in [4.69, 9.17) is 11.6 Å². The first-order chi connectivity index (χ1) is 7.61. The Kier molecular flexibility index (Phi) is 3.16. The van der Waals surface area contributed by atoms with Gasteiger partial charge in [-0.15, -0.1) is 0 Å². The minimum absolute atomic E-state index is 0.279. The van der Waals surface area contributed by atoms with Gasteiger partial charge in [0.15, 0.2) is 11.2 Å². The van der Waals surface area contributed by atoms with Gasteiger partial charge >= 0.3 is 5.97 Å². The fourth-order valence-corrected chi connectivity index (χ4v) is 2.44. The maximum absolute atomic E-state index is 11.3. The highest BCUT2D eigenvalue weighted by Gasteiger charge is 2.33. The molecule has 16 heavy (non-hydrogen) atoms. The smallest absolute Gasteiger partial charge is 0.327 e. The van der Waals surface area contributed by atoms with Gasteiger partial charge in [0.1, 0.15) is 0 Å². The number of rotatable bonds is 3. The van der Waals surface area contributed by atoms with Gasteiger partial charge in [-0.1, -0.05) is 11.6 Å². The summed E-state index contributed by atoms with van der Waals surface area (Å²) in [6, 6.07) is -0.678. The lowest BCUT2D eigenvalue weighted by Crippen LogP contribution is -2.33. The van der Waals surface area contributed by atoms with Crippen LogP contribution in [0.15, 0.2) is 6.33 Å². The normalized spacial score (nSPS) is 18.9. The summed E-state index contributed by atoms with van der Waals surface area (Å²) < 4.78 is 1.68. The van der Waals surface area contributed by atoms with Crippen molar-refractivity contribution >= 4 is 17.6 Å². The van der Waals surface area contributed by atoms with Crippen LogP contribution in [-0.4, -0.2) is 38.6 Å². The summed E-state index contributed by atoms with van der Waals surface area (Å²) in [7, 11) is 1.76. The van der Waals surface area contributed by atoms with E-state index in [0.717, 1.165) is 25.9 Å². The quantitative estimate of drug-likeness (QED) is 0.869. The highest BCUT2D eigenvalue weighted by Crippen LogP contribution is 2.29. The van der Waals surface area contributed by atoms with Crippen LogP contribution >= 0.6 is 11.6 Å². The van der Waals surface area contributed by atoms with E-state index in [1.54, 1.807) is 17.9 Å². The molecule has 1 N–H and O–H groups in total. The number of carboxylic acid groups (broad SMARTS) is 1. The van der Waals surface area contributed by atoms with E-state index in [2.05, 4.69) is 4.98 Å². The molecule has 1 fully saturated rings. The SMILES string of the molecule is Cn1cnc(Cl)c1C(C(=O)O)N1CCCC1. The molecule has 88 valence electrons. The topological polar surface area (TPSA) is 58.4 Å². The summed E-state index contributed by atoms with van der Waals surface area (Å²) in [4.78, 5) is 17.2. The van der Waals surface area contributed by atoms with Crippen LogP contribution < -0.4 is 0 Å². The van der Waals surface area contributed by atoms with Gasteiger partial charge in [0.05, 0.1) is 12.0 Å². The maximum atomic E-state index is 11.3. The van der Waals surface area contributed by atoms with Crippen LogP contribution in [0.25, 0.3) is 0 Å². The molecule has 0 saturated carbocycles. The fourth-order valence-electron chi connectivity index (χ4n) is 2.16. The number of nitrogens with zero attached hydrogens (tertiary/aromatic N) is 3. The Balaban J connectivity index is 2.35. The minimum atomic E-state index is -0.868. The van der Waals surface area contributed by atoms with E-state index in [-0.39, 0.29) is 5.15 Å². The van der Waals surface area contributed by atoms with Crippen LogP contribution in [0.2, 0.25) is 5.15 Å². The molecule has 1 aromatic heterocycles. The van der Waals surface area contributed by atoms with Crippen LogP contribution in [-0.2, 0) is 11.8 Å². The molecule has 2 heterocycles. The molecule has 5 nitrogen and oxygen atoms in total. The van der Waals surface area contributed by atoms with Crippen LogP contribution in [0.5, 0.6) is 0 Å². The Labute approximate surface area is 98.6 Å². The van der Waals surface area contributed by atoms with Crippen molar-refractivity contribution in [2.75, 3.05) is 13.1 Å². The first kappa shape index (κ1) is 11.4. The van der Waals surface area contributed by atoms with Gasteiger partial charge in [-0.2, -0.15) is 0 Å². The first-order valence-electron chi connectivity index (χ1n) is 5.25. The second kappa shape index (κ2) is 4.43. The van der Waals surface area contributed by atoms with E-state index in [1.807, 2.05) is 4.90 Å². The average molecular weight is 244 g/mol.